The van der Waals surface area contributed by atoms with Gasteiger partial charge in [-0.3, -0.25) is 9.78 Å². The summed E-state index contributed by atoms with van der Waals surface area (Å²) in [4.78, 5) is 15.9. The van der Waals surface area contributed by atoms with Crippen LogP contribution in [0.15, 0.2) is 42.6 Å². The molecule has 4 nitrogen and oxygen atoms in total. The quantitative estimate of drug-likeness (QED) is 0.827. The van der Waals surface area contributed by atoms with Gasteiger partial charge < -0.3 is 11.1 Å². The van der Waals surface area contributed by atoms with Gasteiger partial charge in [-0.25, -0.2) is 0 Å². The second-order valence-corrected chi connectivity index (χ2v) is 6.77. The topological polar surface area (TPSA) is 68.0 Å². The van der Waals surface area contributed by atoms with Gasteiger partial charge in [0.25, 0.3) is 0 Å². The van der Waals surface area contributed by atoms with Crippen molar-refractivity contribution in [3.8, 4) is 0 Å². The van der Waals surface area contributed by atoms with Gasteiger partial charge >= 0.3 is 6.18 Å². The standard InChI is InChI=1S/C18H17ClF3N3O/c19-13-6-3-11(4-7-13)16(25-17(26)15(23)10-1-2-10)12-5-8-14(24-9-12)18(20,21)22/h3-10,15-16H,1-2,23H2,(H,25,26). The second kappa shape index (κ2) is 7.25. The number of amides is 1. The number of nitrogens with zero attached hydrogens (tertiary/aromatic N) is 1. The molecule has 138 valence electrons. The number of carbonyl (C=O) groups excluding carboxylic acids is 1. The molecule has 0 spiro atoms. The van der Waals surface area contributed by atoms with Crippen molar-refractivity contribution in [3.05, 3.63) is 64.4 Å². The van der Waals surface area contributed by atoms with Gasteiger partial charge in [-0.05, 0) is 48.1 Å². The van der Waals surface area contributed by atoms with E-state index in [1.807, 2.05) is 0 Å². The number of hydrogen-bond donors (Lipinski definition) is 2. The Morgan fingerprint density at radius 3 is 2.27 bits per heavy atom. The Bertz CT molecular complexity index is 774. The number of pyridine rings is 1. The molecule has 1 aliphatic carbocycles. The largest absolute Gasteiger partial charge is 0.433 e. The molecule has 26 heavy (non-hydrogen) atoms. The van der Waals surface area contributed by atoms with Crippen molar-refractivity contribution in [3.63, 3.8) is 0 Å². The minimum atomic E-state index is -4.52. The van der Waals surface area contributed by atoms with Crippen molar-refractivity contribution >= 4 is 17.5 Å². The smallest absolute Gasteiger partial charge is 0.344 e. The number of nitrogens with two attached hydrogens (primary N) is 1. The van der Waals surface area contributed by atoms with E-state index in [0.717, 1.165) is 25.1 Å². The molecule has 1 amide bonds. The van der Waals surface area contributed by atoms with Gasteiger partial charge in [0.05, 0.1) is 12.1 Å². The van der Waals surface area contributed by atoms with E-state index in [0.29, 0.717) is 16.1 Å². The number of carbonyl (C=O) groups is 1. The summed E-state index contributed by atoms with van der Waals surface area (Å²) in [6.07, 6.45) is -1.60. The Balaban J connectivity index is 1.89. The minimum absolute atomic E-state index is 0.159. The summed E-state index contributed by atoms with van der Waals surface area (Å²) in [5.74, 6) is -0.182. The molecule has 2 unspecified atom stereocenters. The normalized spacial score (nSPS) is 16.8. The first-order chi connectivity index (χ1) is 12.3. The van der Waals surface area contributed by atoms with Gasteiger partial charge in [0, 0.05) is 11.2 Å². The van der Waals surface area contributed by atoms with Crippen LogP contribution in [0.25, 0.3) is 0 Å². The Kier molecular flexibility index (Phi) is 5.20. The lowest BCUT2D eigenvalue weighted by Gasteiger charge is -2.22. The molecular formula is C18H17ClF3N3O. The number of halogens is 4. The summed E-state index contributed by atoms with van der Waals surface area (Å²) in [7, 11) is 0. The number of alkyl halides is 3. The van der Waals surface area contributed by atoms with Crippen LogP contribution in [0.5, 0.6) is 0 Å². The fourth-order valence-electron chi connectivity index (χ4n) is 2.67. The molecule has 3 N–H and O–H groups in total. The molecule has 1 aliphatic rings. The molecule has 1 fully saturated rings. The van der Waals surface area contributed by atoms with Crippen molar-refractivity contribution in [2.24, 2.45) is 11.7 Å². The molecular weight excluding hydrogens is 367 g/mol. The Morgan fingerprint density at radius 1 is 1.15 bits per heavy atom. The van der Waals surface area contributed by atoms with Crippen LogP contribution < -0.4 is 11.1 Å². The minimum Gasteiger partial charge on any atom is -0.344 e. The van der Waals surface area contributed by atoms with Crippen LogP contribution in [0.1, 0.15) is 35.7 Å². The van der Waals surface area contributed by atoms with Gasteiger partial charge in [0.2, 0.25) is 5.91 Å². The maximum Gasteiger partial charge on any atom is 0.433 e. The van der Waals surface area contributed by atoms with Crippen LogP contribution in [0.2, 0.25) is 5.02 Å². The third-order valence-corrected chi connectivity index (χ3v) is 4.58. The van der Waals surface area contributed by atoms with Crippen LogP contribution in [0.3, 0.4) is 0 Å². The predicted molar refractivity (Wildman–Crippen MR) is 91.4 cm³/mol. The fourth-order valence-corrected chi connectivity index (χ4v) is 2.79. The number of hydrogen-bond acceptors (Lipinski definition) is 3. The summed E-state index contributed by atoms with van der Waals surface area (Å²) in [6.45, 7) is 0. The van der Waals surface area contributed by atoms with Gasteiger partial charge in [0.15, 0.2) is 0 Å². The van der Waals surface area contributed by atoms with E-state index >= 15 is 0 Å². The summed E-state index contributed by atoms with van der Waals surface area (Å²) in [6, 6.07) is 7.60. The molecule has 1 aromatic heterocycles. The van der Waals surface area contributed by atoms with Crippen LogP contribution in [0.4, 0.5) is 13.2 Å². The summed E-state index contributed by atoms with van der Waals surface area (Å²) in [5, 5.41) is 3.33. The Labute approximate surface area is 153 Å². The number of aromatic nitrogens is 1. The Morgan fingerprint density at radius 2 is 1.77 bits per heavy atom. The third-order valence-electron chi connectivity index (χ3n) is 4.33. The maximum atomic E-state index is 12.7. The molecule has 2 atom stereocenters. The third kappa shape index (κ3) is 4.34. The Hall–Kier alpha value is -2.12. The second-order valence-electron chi connectivity index (χ2n) is 6.33. The zero-order chi connectivity index (χ0) is 18.9. The lowest BCUT2D eigenvalue weighted by Crippen LogP contribution is -2.43. The van der Waals surface area contributed by atoms with Crippen molar-refractivity contribution in [1.82, 2.24) is 10.3 Å². The zero-order valence-corrected chi connectivity index (χ0v) is 14.4. The molecule has 0 saturated heterocycles. The van der Waals surface area contributed by atoms with E-state index in [-0.39, 0.29) is 11.8 Å². The van der Waals surface area contributed by atoms with E-state index in [2.05, 4.69) is 10.3 Å². The number of nitrogens with one attached hydrogen (secondary N) is 1. The van der Waals surface area contributed by atoms with Crippen molar-refractivity contribution in [2.75, 3.05) is 0 Å². The molecule has 1 aromatic carbocycles. The first-order valence-corrected chi connectivity index (χ1v) is 8.48. The average molecular weight is 384 g/mol. The van der Waals surface area contributed by atoms with E-state index in [9.17, 15) is 18.0 Å². The zero-order valence-electron chi connectivity index (χ0n) is 13.6. The molecule has 1 saturated carbocycles. The van der Waals surface area contributed by atoms with Crippen LogP contribution >= 0.6 is 11.6 Å². The highest BCUT2D eigenvalue weighted by molar-refractivity contribution is 6.30. The monoisotopic (exact) mass is 383 g/mol. The van der Waals surface area contributed by atoms with Gasteiger partial charge in [-0.1, -0.05) is 29.8 Å². The fraction of sp³-hybridized carbons (Fsp3) is 0.333. The lowest BCUT2D eigenvalue weighted by atomic mass is 9.99. The van der Waals surface area contributed by atoms with Crippen LogP contribution in [-0.2, 0) is 11.0 Å². The van der Waals surface area contributed by atoms with Crippen molar-refractivity contribution in [2.45, 2.75) is 31.1 Å². The first-order valence-electron chi connectivity index (χ1n) is 8.10. The van der Waals surface area contributed by atoms with E-state index in [4.69, 9.17) is 17.3 Å². The molecule has 0 aliphatic heterocycles. The SMILES string of the molecule is NC(C(=O)NC(c1ccc(Cl)cc1)c1ccc(C(F)(F)F)nc1)C1CC1. The molecule has 1 heterocycles. The van der Waals surface area contributed by atoms with Crippen molar-refractivity contribution in [1.29, 1.82) is 0 Å². The highest BCUT2D eigenvalue weighted by Gasteiger charge is 2.35. The van der Waals surface area contributed by atoms with Gasteiger partial charge in [-0.15, -0.1) is 0 Å². The number of rotatable bonds is 5. The van der Waals surface area contributed by atoms with E-state index < -0.39 is 24.0 Å². The average Bonchev–Trinajstić information content (AvgIpc) is 3.44. The highest BCUT2D eigenvalue weighted by atomic mass is 35.5. The number of benzene rings is 1. The summed E-state index contributed by atoms with van der Waals surface area (Å²) < 4.78 is 38.2. The lowest BCUT2D eigenvalue weighted by molar-refractivity contribution is -0.141. The van der Waals surface area contributed by atoms with E-state index in [1.165, 1.54) is 6.07 Å². The molecule has 0 bridgehead atoms. The van der Waals surface area contributed by atoms with E-state index in [1.54, 1.807) is 24.3 Å². The van der Waals surface area contributed by atoms with Crippen LogP contribution in [-0.4, -0.2) is 16.9 Å². The molecule has 3 rings (SSSR count). The first kappa shape index (κ1) is 18.7. The predicted octanol–water partition coefficient (Wildman–Crippen LogP) is 3.70. The molecule has 8 heteroatoms. The van der Waals surface area contributed by atoms with Crippen LogP contribution in [0, 0.1) is 5.92 Å². The van der Waals surface area contributed by atoms with Crippen molar-refractivity contribution < 1.29 is 18.0 Å². The molecule has 2 aromatic rings. The molecule has 0 radical (unpaired) electrons. The van der Waals surface area contributed by atoms with Gasteiger partial charge in [0.1, 0.15) is 5.69 Å². The maximum absolute atomic E-state index is 12.7. The van der Waals surface area contributed by atoms with Gasteiger partial charge in [-0.2, -0.15) is 13.2 Å². The summed E-state index contributed by atoms with van der Waals surface area (Å²) >= 11 is 5.89. The summed E-state index contributed by atoms with van der Waals surface area (Å²) in [5.41, 5.74) is 6.05. The highest BCUT2D eigenvalue weighted by Crippen LogP contribution is 2.33.